The van der Waals surface area contributed by atoms with Gasteiger partial charge in [-0.2, -0.15) is 0 Å². The Kier molecular flexibility index (Phi) is 5.29. The molecule has 4 heterocycles. The third-order valence-electron chi connectivity index (χ3n) is 5.81. The van der Waals surface area contributed by atoms with E-state index < -0.39 is 0 Å². The fraction of sp³-hybridized carbons (Fsp3) is 0.250. The Balaban J connectivity index is 1.41. The van der Waals surface area contributed by atoms with Gasteiger partial charge in [-0.3, -0.25) is 9.78 Å². The molecule has 33 heavy (non-hydrogen) atoms. The minimum Gasteiger partial charge on any atom is -0.485 e. The van der Waals surface area contributed by atoms with E-state index in [4.69, 9.17) is 4.74 Å². The first-order valence-electron chi connectivity index (χ1n) is 10.8. The van der Waals surface area contributed by atoms with Gasteiger partial charge in [-0.25, -0.2) is 9.78 Å². The number of amides is 3. The van der Waals surface area contributed by atoms with Crippen LogP contribution in [0.25, 0.3) is 11.1 Å². The number of urea groups is 1. The van der Waals surface area contributed by atoms with Crippen molar-refractivity contribution in [2.75, 3.05) is 29.1 Å². The van der Waals surface area contributed by atoms with E-state index in [1.807, 2.05) is 42.3 Å². The summed E-state index contributed by atoms with van der Waals surface area (Å²) in [6, 6.07) is 9.32. The van der Waals surface area contributed by atoms with Crippen molar-refractivity contribution in [1.82, 2.24) is 15.3 Å². The summed E-state index contributed by atoms with van der Waals surface area (Å²) in [7, 11) is 1.55. The molecule has 0 bridgehead atoms. The lowest BCUT2D eigenvalue weighted by Crippen LogP contribution is -2.24. The second-order valence-electron chi connectivity index (χ2n) is 8.04. The zero-order chi connectivity index (χ0) is 22.9. The molecule has 9 heteroatoms. The van der Waals surface area contributed by atoms with Gasteiger partial charge in [-0.15, -0.1) is 0 Å². The fourth-order valence-corrected chi connectivity index (χ4v) is 4.19. The summed E-state index contributed by atoms with van der Waals surface area (Å²) in [5.74, 6) is 1.55. The summed E-state index contributed by atoms with van der Waals surface area (Å²) in [4.78, 5) is 34.2. The molecule has 1 saturated heterocycles. The molecule has 0 spiro atoms. The number of pyridine rings is 2. The van der Waals surface area contributed by atoms with E-state index in [9.17, 15) is 9.59 Å². The highest BCUT2D eigenvalue weighted by atomic mass is 16.5. The predicted molar refractivity (Wildman–Crippen MR) is 126 cm³/mol. The van der Waals surface area contributed by atoms with Crippen molar-refractivity contribution in [2.24, 2.45) is 0 Å². The largest absolute Gasteiger partial charge is 0.485 e. The number of anilines is 4. The first-order chi connectivity index (χ1) is 16.0. The Morgan fingerprint density at radius 3 is 2.76 bits per heavy atom. The third kappa shape index (κ3) is 4.05. The second-order valence-corrected chi connectivity index (χ2v) is 8.04. The van der Waals surface area contributed by atoms with Crippen molar-refractivity contribution in [1.29, 1.82) is 0 Å². The maximum atomic E-state index is 12.1. The van der Waals surface area contributed by atoms with Gasteiger partial charge in [0.1, 0.15) is 17.7 Å². The molecule has 1 aromatic carbocycles. The molecule has 2 aliphatic heterocycles. The van der Waals surface area contributed by atoms with Gasteiger partial charge >= 0.3 is 6.03 Å². The molecule has 0 saturated carbocycles. The Hall–Kier alpha value is -4.14. The Morgan fingerprint density at radius 1 is 1.12 bits per heavy atom. The number of fused-ring (bicyclic) bond motifs is 3. The minimum atomic E-state index is -0.317. The lowest BCUT2D eigenvalue weighted by atomic mass is 9.94. The average molecular weight is 444 g/mol. The molecule has 168 valence electrons. The van der Waals surface area contributed by atoms with Crippen molar-refractivity contribution in [3.05, 3.63) is 54.5 Å². The number of nitrogens with one attached hydrogen (secondary N) is 3. The van der Waals surface area contributed by atoms with Gasteiger partial charge < -0.3 is 25.6 Å². The minimum absolute atomic E-state index is 0.153. The molecule has 1 unspecified atom stereocenters. The average Bonchev–Trinajstić information content (AvgIpc) is 3.25. The smallest absolute Gasteiger partial charge is 0.319 e. The number of carbonyl (C=O) groups is 2. The number of aromatic nitrogens is 2. The fourth-order valence-electron chi connectivity index (χ4n) is 4.19. The number of hydrogen-bond donors (Lipinski definition) is 3. The number of rotatable bonds is 4. The predicted octanol–water partition coefficient (Wildman–Crippen LogP) is 4.22. The number of carbonyl (C=O) groups excluding carboxylic acids is 2. The van der Waals surface area contributed by atoms with Crippen LogP contribution >= 0.6 is 0 Å². The number of benzene rings is 1. The summed E-state index contributed by atoms with van der Waals surface area (Å²) in [5.41, 5.74) is 5.10. The van der Waals surface area contributed by atoms with Gasteiger partial charge in [0.2, 0.25) is 5.91 Å². The monoisotopic (exact) mass is 444 g/mol. The maximum Gasteiger partial charge on any atom is 0.319 e. The first-order valence-corrected chi connectivity index (χ1v) is 10.8. The summed E-state index contributed by atoms with van der Waals surface area (Å²) in [6.07, 6.45) is 6.35. The van der Waals surface area contributed by atoms with Crippen LogP contribution in [0.2, 0.25) is 0 Å². The molecule has 5 rings (SSSR count). The van der Waals surface area contributed by atoms with Crippen LogP contribution in [0.5, 0.6) is 5.75 Å². The molecular formula is C24H24N6O3. The topological polar surface area (TPSA) is 108 Å². The van der Waals surface area contributed by atoms with Gasteiger partial charge in [-0.05, 0) is 37.6 Å². The van der Waals surface area contributed by atoms with E-state index in [-0.39, 0.29) is 18.0 Å². The molecule has 2 aromatic heterocycles. The van der Waals surface area contributed by atoms with Crippen LogP contribution in [-0.4, -0.2) is 35.5 Å². The van der Waals surface area contributed by atoms with Crippen molar-refractivity contribution in [3.8, 4) is 16.9 Å². The van der Waals surface area contributed by atoms with E-state index in [1.54, 1.807) is 25.5 Å². The van der Waals surface area contributed by atoms with Crippen LogP contribution in [0.3, 0.4) is 0 Å². The molecular weight excluding hydrogens is 420 g/mol. The molecule has 3 N–H and O–H groups in total. The molecule has 0 radical (unpaired) electrons. The van der Waals surface area contributed by atoms with Crippen molar-refractivity contribution < 1.29 is 14.3 Å². The summed E-state index contributed by atoms with van der Waals surface area (Å²) in [5, 5.41) is 8.44. The van der Waals surface area contributed by atoms with Gasteiger partial charge in [-0.1, -0.05) is 0 Å². The van der Waals surface area contributed by atoms with Crippen LogP contribution in [0.4, 0.5) is 27.7 Å². The van der Waals surface area contributed by atoms with Crippen molar-refractivity contribution >= 4 is 34.8 Å². The Bertz CT molecular complexity index is 1240. The Morgan fingerprint density at radius 2 is 1.97 bits per heavy atom. The van der Waals surface area contributed by atoms with Crippen molar-refractivity contribution in [3.63, 3.8) is 0 Å². The molecule has 3 amide bonds. The zero-order valence-corrected chi connectivity index (χ0v) is 18.4. The molecule has 1 atom stereocenters. The molecule has 9 nitrogen and oxygen atoms in total. The number of nitrogens with zero attached hydrogens (tertiary/aromatic N) is 3. The highest BCUT2D eigenvalue weighted by molar-refractivity contribution is 5.96. The maximum absolute atomic E-state index is 12.1. The van der Waals surface area contributed by atoms with E-state index in [1.165, 1.54) is 0 Å². The van der Waals surface area contributed by atoms with Crippen LogP contribution in [0.1, 0.15) is 31.4 Å². The van der Waals surface area contributed by atoms with Crippen molar-refractivity contribution in [2.45, 2.75) is 25.9 Å². The van der Waals surface area contributed by atoms with Gasteiger partial charge in [0.05, 0.1) is 23.8 Å². The third-order valence-corrected chi connectivity index (χ3v) is 5.81. The summed E-state index contributed by atoms with van der Waals surface area (Å²) < 4.78 is 6.21. The van der Waals surface area contributed by atoms with Crippen LogP contribution in [0.15, 0.2) is 48.9 Å². The standard InChI is InChI=1S/C24H24N6O3/c1-14-19-10-22(28-15-8-16(12-26-11-15)29-24(32)25-2)27-13-20(19)18-6-5-17(9-21(18)33-14)30-7-3-4-23(30)31/h5-6,8-14H,3-4,7H2,1-2H3,(H,27,28)(H2,25,29,32). The molecule has 2 aliphatic rings. The lowest BCUT2D eigenvalue weighted by molar-refractivity contribution is -0.117. The quantitative estimate of drug-likeness (QED) is 0.556. The van der Waals surface area contributed by atoms with Crippen LogP contribution in [-0.2, 0) is 4.79 Å². The van der Waals surface area contributed by atoms with E-state index >= 15 is 0 Å². The Labute approximate surface area is 191 Å². The van der Waals surface area contributed by atoms with Gasteiger partial charge in [0.25, 0.3) is 0 Å². The molecule has 0 aliphatic carbocycles. The first kappa shape index (κ1) is 20.7. The van der Waals surface area contributed by atoms with Crippen LogP contribution < -0.4 is 25.6 Å². The second kappa shape index (κ2) is 8.42. The highest BCUT2D eigenvalue weighted by Gasteiger charge is 2.27. The van der Waals surface area contributed by atoms with E-state index in [2.05, 4.69) is 25.9 Å². The molecule has 1 fully saturated rings. The number of ether oxygens (including phenoxy) is 1. The number of hydrogen-bond acceptors (Lipinski definition) is 6. The van der Waals surface area contributed by atoms with Gasteiger partial charge in [0.15, 0.2) is 0 Å². The lowest BCUT2D eigenvalue weighted by Gasteiger charge is -2.28. The van der Waals surface area contributed by atoms with Crippen LogP contribution in [0, 0.1) is 0 Å². The SMILES string of the molecule is CNC(=O)Nc1cncc(Nc2cc3c(cn2)-c2ccc(N4CCCC4=O)cc2OC3C)c1. The zero-order valence-electron chi connectivity index (χ0n) is 18.4. The van der Waals surface area contributed by atoms with E-state index in [0.29, 0.717) is 23.6 Å². The molecule has 3 aromatic rings. The normalized spacial score (nSPS) is 16.5. The highest BCUT2D eigenvalue weighted by Crippen LogP contribution is 2.44. The van der Waals surface area contributed by atoms with Gasteiger partial charge in [0, 0.05) is 54.7 Å². The summed E-state index contributed by atoms with van der Waals surface area (Å²) >= 11 is 0. The van der Waals surface area contributed by atoms with E-state index in [0.717, 1.165) is 41.1 Å². The summed E-state index contributed by atoms with van der Waals surface area (Å²) in [6.45, 7) is 2.74.